The first-order valence-corrected chi connectivity index (χ1v) is 7.43. The van der Waals surface area contributed by atoms with Crippen LogP contribution in [0.1, 0.15) is 18.4 Å². The Kier molecular flexibility index (Phi) is 6.10. The number of amides is 2. The second kappa shape index (κ2) is 8.28. The van der Waals surface area contributed by atoms with Crippen molar-refractivity contribution in [3.63, 3.8) is 0 Å². The third-order valence-electron chi connectivity index (χ3n) is 3.57. The van der Waals surface area contributed by atoms with E-state index in [0.29, 0.717) is 19.6 Å². The Morgan fingerprint density at radius 3 is 2.65 bits per heavy atom. The van der Waals surface area contributed by atoms with E-state index in [9.17, 15) is 14.4 Å². The van der Waals surface area contributed by atoms with Crippen LogP contribution in [0.3, 0.4) is 0 Å². The van der Waals surface area contributed by atoms with Crippen LogP contribution in [-0.4, -0.2) is 37.0 Å². The van der Waals surface area contributed by atoms with E-state index in [-0.39, 0.29) is 24.9 Å². The number of ether oxygens (including phenoxy) is 2. The molecule has 0 bridgehead atoms. The van der Waals surface area contributed by atoms with Crippen molar-refractivity contribution in [2.24, 2.45) is 11.7 Å². The first-order valence-electron chi connectivity index (χ1n) is 7.43. The molecule has 0 spiro atoms. The number of benzene rings is 1. The van der Waals surface area contributed by atoms with Crippen molar-refractivity contribution in [3.05, 3.63) is 35.9 Å². The van der Waals surface area contributed by atoms with Crippen molar-refractivity contribution in [2.75, 3.05) is 13.2 Å². The van der Waals surface area contributed by atoms with Gasteiger partial charge in [-0.05, 0) is 12.0 Å². The number of nitrogens with one attached hydrogen (secondary N) is 1. The molecule has 0 aromatic heterocycles. The number of carbonyl (C=O) groups excluding carboxylic acids is 3. The summed E-state index contributed by atoms with van der Waals surface area (Å²) in [4.78, 5) is 35.2. The van der Waals surface area contributed by atoms with Crippen molar-refractivity contribution in [2.45, 2.75) is 25.5 Å². The van der Waals surface area contributed by atoms with Gasteiger partial charge in [0.15, 0.2) is 0 Å². The molecule has 2 amide bonds. The van der Waals surface area contributed by atoms with E-state index in [1.807, 2.05) is 30.3 Å². The number of esters is 1. The summed E-state index contributed by atoms with van der Waals surface area (Å²) in [6.07, 6.45) is 0.303. The quantitative estimate of drug-likeness (QED) is 0.694. The van der Waals surface area contributed by atoms with Gasteiger partial charge in [-0.2, -0.15) is 0 Å². The lowest BCUT2D eigenvalue weighted by molar-refractivity contribution is -0.147. The molecule has 7 heteroatoms. The Bertz CT molecular complexity index is 555. The third-order valence-corrected chi connectivity index (χ3v) is 3.57. The zero-order valence-corrected chi connectivity index (χ0v) is 12.7. The topological polar surface area (TPSA) is 108 Å². The normalized spacial score (nSPS) is 18.2. The molecule has 124 valence electrons. The highest BCUT2D eigenvalue weighted by Crippen LogP contribution is 2.13. The molecule has 0 aliphatic carbocycles. The van der Waals surface area contributed by atoms with E-state index in [4.69, 9.17) is 15.2 Å². The third kappa shape index (κ3) is 5.37. The van der Waals surface area contributed by atoms with Gasteiger partial charge in [0.25, 0.3) is 0 Å². The molecule has 1 aliphatic heterocycles. The monoisotopic (exact) mass is 320 g/mol. The molecule has 0 radical (unpaired) electrons. The Morgan fingerprint density at radius 2 is 2.04 bits per heavy atom. The van der Waals surface area contributed by atoms with E-state index in [2.05, 4.69) is 5.32 Å². The number of hydrogen-bond acceptors (Lipinski definition) is 5. The molecular weight excluding hydrogens is 300 g/mol. The van der Waals surface area contributed by atoms with Gasteiger partial charge in [-0.15, -0.1) is 0 Å². The zero-order chi connectivity index (χ0) is 16.7. The van der Waals surface area contributed by atoms with Gasteiger partial charge in [0.2, 0.25) is 11.8 Å². The van der Waals surface area contributed by atoms with Gasteiger partial charge < -0.3 is 20.5 Å². The fourth-order valence-electron chi connectivity index (χ4n) is 2.22. The molecule has 1 saturated heterocycles. The Labute approximate surface area is 134 Å². The van der Waals surface area contributed by atoms with Gasteiger partial charge in [0.05, 0.1) is 18.9 Å². The van der Waals surface area contributed by atoms with E-state index in [1.54, 1.807) is 0 Å². The molecule has 0 unspecified atom stereocenters. The highest BCUT2D eigenvalue weighted by atomic mass is 16.5. The Morgan fingerprint density at radius 1 is 1.30 bits per heavy atom. The molecule has 2 atom stereocenters. The highest BCUT2D eigenvalue weighted by Gasteiger charge is 2.28. The van der Waals surface area contributed by atoms with Gasteiger partial charge in [0.1, 0.15) is 12.6 Å². The van der Waals surface area contributed by atoms with Gasteiger partial charge in [0, 0.05) is 6.61 Å². The first-order chi connectivity index (χ1) is 11.1. The predicted octanol–water partition coefficient (Wildman–Crippen LogP) is 0.126. The Hall–Kier alpha value is -2.41. The SMILES string of the molecule is NC(=O)[C@@H](CC(=O)OCc1ccccc1)NC(=O)[C@@H]1CCOC1. The largest absolute Gasteiger partial charge is 0.461 e. The van der Waals surface area contributed by atoms with E-state index in [1.165, 1.54) is 0 Å². The highest BCUT2D eigenvalue weighted by molar-refractivity contribution is 5.90. The molecule has 2 rings (SSSR count). The maximum absolute atomic E-state index is 12.0. The van der Waals surface area contributed by atoms with Crippen molar-refractivity contribution >= 4 is 17.8 Å². The molecule has 1 aromatic rings. The summed E-state index contributed by atoms with van der Waals surface area (Å²) in [7, 11) is 0. The maximum atomic E-state index is 12.0. The second-order valence-electron chi connectivity index (χ2n) is 5.37. The summed E-state index contributed by atoms with van der Waals surface area (Å²) in [5, 5.41) is 2.49. The minimum absolute atomic E-state index is 0.107. The van der Waals surface area contributed by atoms with E-state index < -0.39 is 17.9 Å². The number of carbonyl (C=O) groups is 3. The second-order valence-corrected chi connectivity index (χ2v) is 5.37. The number of hydrogen-bond donors (Lipinski definition) is 2. The van der Waals surface area contributed by atoms with Crippen LogP contribution in [0.5, 0.6) is 0 Å². The van der Waals surface area contributed by atoms with Crippen LogP contribution in [0, 0.1) is 5.92 Å². The molecule has 7 nitrogen and oxygen atoms in total. The summed E-state index contributed by atoms with van der Waals surface area (Å²) in [6, 6.07) is 8.09. The number of rotatable bonds is 7. The molecule has 3 N–H and O–H groups in total. The molecule has 1 aliphatic rings. The van der Waals surface area contributed by atoms with Crippen LogP contribution < -0.4 is 11.1 Å². The molecule has 1 fully saturated rings. The average molecular weight is 320 g/mol. The predicted molar refractivity (Wildman–Crippen MR) is 80.9 cm³/mol. The van der Waals surface area contributed by atoms with Crippen LogP contribution in [0.25, 0.3) is 0 Å². The summed E-state index contributed by atoms with van der Waals surface area (Å²) < 4.78 is 10.2. The van der Waals surface area contributed by atoms with Crippen LogP contribution in [0.2, 0.25) is 0 Å². The van der Waals surface area contributed by atoms with Crippen LogP contribution >= 0.6 is 0 Å². The minimum Gasteiger partial charge on any atom is -0.461 e. The smallest absolute Gasteiger partial charge is 0.308 e. The zero-order valence-electron chi connectivity index (χ0n) is 12.7. The standard InChI is InChI=1S/C16H20N2O5/c17-15(20)13(18-16(21)12-6-7-22-10-12)8-14(19)23-9-11-4-2-1-3-5-11/h1-5,12-13H,6-10H2,(H2,17,20)(H,18,21)/t12-,13-/m1/s1. The summed E-state index contributed by atoms with van der Waals surface area (Å²) in [5.74, 6) is -2.01. The van der Waals surface area contributed by atoms with Crippen molar-refractivity contribution < 1.29 is 23.9 Å². The lowest BCUT2D eigenvalue weighted by Crippen LogP contribution is -2.48. The van der Waals surface area contributed by atoms with Crippen LogP contribution in [0.15, 0.2) is 30.3 Å². The lowest BCUT2D eigenvalue weighted by atomic mass is 10.1. The molecular formula is C16H20N2O5. The number of primary amides is 1. The van der Waals surface area contributed by atoms with Gasteiger partial charge in [-0.1, -0.05) is 30.3 Å². The van der Waals surface area contributed by atoms with Gasteiger partial charge in [-0.25, -0.2) is 0 Å². The first kappa shape index (κ1) is 17.0. The maximum Gasteiger partial charge on any atom is 0.308 e. The van der Waals surface area contributed by atoms with Crippen molar-refractivity contribution in [1.29, 1.82) is 0 Å². The average Bonchev–Trinajstić information content (AvgIpc) is 3.07. The fraction of sp³-hybridized carbons (Fsp3) is 0.438. The lowest BCUT2D eigenvalue weighted by Gasteiger charge is -2.17. The van der Waals surface area contributed by atoms with Crippen LogP contribution in [0.4, 0.5) is 0 Å². The number of nitrogens with two attached hydrogens (primary N) is 1. The van der Waals surface area contributed by atoms with E-state index >= 15 is 0 Å². The minimum atomic E-state index is -1.08. The van der Waals surface area contributed by atoms with Gasteiger partial charge in [-0.3, -0.25) is 14.4 Å². The van der Waals surface area contributed by atoms with Crippen molar-refractivity contribution in [3.8, 4) is 0 Å². The Balaban J connectivity index is 1.82. The molecule has 0 saturated carbocycles. The van der Waals surface area contributed by atoms with Crippen LogP contribution in [-0.2, 0) is 30.5 Å². The molecule has 1 aromatic carbocycles. The summed E-state index contributed by atoms with van der Waals surface area (Å²) in [6.45, 7) is 0.934. The molecule has 23 heavy (non-hydrogen) atoms. The molecule has 1 heterocycles. The van der Waals surface area contributed by atoms with Gasteiger partial charge >= 0.3 is 5.97 Å². The fourth-order valence-corrected chi connectivity index (χ4v) is 2.22. The summed E-state index contributed by atoms with van der Waals surface area (Å²) >= 11 is 0. The summed E-state index contributed by atoms with van der Waals surface area (Å²) in [5.41, 5.74) is 6.08. The van der Waals surface area contributed by atoms with Crippen molar-refractivity contribution in [1.82, 2.24) is 5.32 Å². The van der Waals surface area contributed by atoms with E-state index in [0.717, 1.165) is 5.56 Å².